The number of pyridine rings is 1. The standard InChI is InChI=1S/C25H24ClN3O4/c1-15-21-23(28-33-15)22-19(26)8-5-9-20(22)29(24(21)30)18-11-10-17(12-18)13-27-25(31)32-14-16-6-3-2-4-7-16/h2-9,17-18H,10-14H2,1H3,(H,27,31)/t17-,18+/m0/s1. The number of carbonyl (C=O) groups is 1. The van der Waals surface area contributed by atoms with Crippen molar-refractivity contribution in [2.45, 2.75) is 38.8 Å². The Balaban J connectivity index is 1.32. The molecule has 2 heterocycles. The molecule has 1 aliphatic carbocycles. The van der Waals surface area contributed by atoms with Crippen LogP contribution in [-0.2, 0) is 11.3 Å². The number of alkyl carbamates (subject to hydrolysis) is 1. The maximum atomic E-state index is 13.4. The molecule has 0 saturated heterocycles. The largest absolute Gasteiger partial charge is 0.445 e. The Morgan fingerprint density at radius 2 is 2.00 bits per heavy atom. The van der Waals surface area contributed by atoms with Crippen LogP contribution in [0.2, 0.25) is 5.02 Å². The van der Waals surface area contributed by atoms with E-state index >= 15 is 0 Å². The zero-order valence-corrected chi connectivity index (χ0v) is 19.0. The number of benzene rings is 2. The van der Waals surface area contributed by atoms with Crippen molar-refractivity contribution in [3.8, 4) is 0 Å². The minimum Gasteiger partial charge on any atom is -0.445 e. The van der Waals surface area contributed by atoms with Gasteiger partial charge in [0, 0.05) is 18.0 Å². The Labute approximate surface area is 195 Å². The van der Waals surface area contributed by atoms with Gasteiger partial charge in [0.2, 0.25) is 0 Å². The fraction of sp³-hybridized carbons (Fsp3) is 0.320. The smallest absolute Gasteiger partial charge is 0.407 e. The number of fused-ring (bicyclic) bond motifs is 3. The zero-order chi connectivity index (χ0) is 22.9. The van der Waals surface area contributed by atoms with E-state index in [0.717, 1.165) is 35.7 Å². The first-order valence-electron chi connectivity index (χ1n) is 11.1. The molecule has 2 aromatic carbocycles. The third kappa shape index (κ3) is 4.09. The molecule has 7 nitrogen and oxygen atoms in total. The van der Waals surface area contributed by atoms with E-state index < -0.39 is 6.09 Å². The van der Waals surface area contributed by atoms with Gasteiger partial charge >= 0.3 is 6.09 Å². The number of carbonyl (C=O) groups excluding carboxylic acids is 1. The van der Waals surface area contributed by atoms with E-state index in [4.69, 9.17) is 20.9 Å². The second-order valence-corrected chi connectivity index (χ2v) is 8.95. The summed E-state index contributed by atoms with van der Waals surface area (Å²) in [5, 5.41) is 8.72. The monoisotopic (exact) mass is 465 g/mol. The highest BCUT2D eigenvalue weighted by molar-refractivity contribution is 6.37. The first-order chi connectivity index (χ1) is 16.0. The van der Waals surface area contributed by atoms with Crippen molar-refractivity contribution in [1.29, 1.82) is 0 Å². The summed E-state index contributed by atoms with van der Waals surface area (Å²) in [4.78, 5) is 25.6. The molecule has 1 aliphatic rings. The number of rotatable bonds is 5. The molecule has 1 fully saturated rings. The van der Waals surface area contributed by atoms with Crippen LogP contribution in [0.4, 0.5) is 4.79 Å². The average molecular weight is 466 g/mol. The summed E-state index contributed by atoms with van der Waals surface area (Å²) in [7, 11) is 0. The van der Waals surface area contributed by atoms with Gasteiger partial charge in [0.25, 0.3) is 5.56 Å². The van der Waals surface area contributed by atoms with E-state index in [-0.39, 0.29) is 24.1 Å². The van der Waals surface area contributed by atoms with Crippen molar-refractivity contribution < 1.29 is 14.1 Å². The number of ether oxygens (including phenoxy) is 1. The lowest BCUT2D eigenvalue weighted by Gasteiger charge is -2.18. The van der Waals surface area contributed by atoms with Crippen molar-refractivity contribution in [2.75, 3.05) is 6.54 Å². The van der Waals surface area contributed by atoms with Crippen LogP contribution in [0.1, 0.15) is 36.6 Å². The molecule has 0 unspecified atom stereocenters. The third-order valence-corrected chi connectivity index (χ3v) is 6.72. The van der Waals surface area contributed by atoms with Crippen molar-refractivity contribution in [3.05, 3.63) is 75.2 Å². The fourth-order valence-corrected chi connectivity index (χ4v) is 5.06. The Morgan fingerprint density at radius 3 is 2.82 bits per heavy atom. The summed E-state index contributed by atoms with van der Waals surface area (Å²) in [6.45, 7) is 2.48. The van der Waals surface area contributed by atoms with E-state index in [1.807, 2.05) is 47.0 Å². The van der Waals surface area contributed by atoms with Gasteiger partial charge in [-0.05, 0) is 49.8 Å². The fourth-order valence-electron chi connectivity index (χ4n) is 4.81. The predicted octanol–water partition coefficient (Wildman–Crippen LogP) is 5.37. The van der Waals surface area contributed by atoms with Gasteiger partial charge in [0.1, 0.15) is 23.3 Å². The maximum absolute atomic E-state index is 13.4. The lowest BCUT2D eigenvalue weighted by molar-refractivity contribution is 0.138. The highest BCUT2D eigenvalue weighted by Crippen LogP contribution is 2.38. The number of nitrogens with one attached hydrogen (secondary N) is 1. The second kappa shape index (κ2) is 8.90. The second-order valence-electron chi connectivity index (χ2n) is 8.55. The number of halogens is 1. The topological polar surface area (TPSA) is 86.4 Å². The molecule has 2 atom stereocenters. The molecule has 0 bridgehead atoms. The Morgan fingerprint density at radius 1 is 1.18 bits per heavy atom. The summed E-state index contributed by atoms with van der Waals surface area (Å²) in [5.74, 6) is 0.739. The van der Waals surface area contributed by atoms with Crippen LogP contribution in [0.15, 0.2) is 57.8 Å². The molecule has 2 aromatic heterocycles. The highest BCUT2D eigenvalue weighted by Gasteiger charge is 2.30. The van der Waals surface area contributed by atoms with Crippen LogP contribution in [0.5, 0.6) is 0 Å². The molecule has 0 radical (unpaired) electrons. The first kappa shape index (κ1) is 21.5. The summed E-state index contributed by atoms with van der Waals surface area (Å²) in [5.41, 5.74) is 2.10. The van der Waals surface area contributed by atoms with Gasteiger partial charge < -0.3 is 19.1 Å². The number of nitrogens with zero attached hydrogens (tertiary/aromatic N) is 2. The van der Waals surface area contributed by atoms with Crippen LogP contribution in [-0.4, -0.2) is 22.4 Å². The van der Waals surface area contributed by atoms with Crippen molar-refractivity contribution >= 4 is 39.5 Å². The molecule has 4 aromatic rings. The number of aryl methyl sites for hydroxylation is 1. The number of aromatic nitrogens is 2. The Kier molecular flexibility index (Phi) is 5.81. The molecule has 1 N–H and O–H groups in total. The van der Waals surface area contributed by atoms with Gasteiger partial charge in [0.05, 0.1) is 10.5 Å². The van der Waals surface area contributed by atoms with E-state index in [9.17, 15) is 9.59 Å². The predicted molar refractivity (Wildman–Crippen MR) is 127 cm³/mol. The summed E-state index contributed by atoms with van der Waals surface area (Å²) in [6.07, 6.45) is 2.08. The van der Waals surface area contributed by atoms with E-state index in [1.54, 1.807) is 13.0 Å². The molecular weight excluding hydrogens is 442 g/mol. The first-order valence-corrected chi connectivity index (χ1v) is 11.4. The molecule has 0 aliphatic heterocycles. The van der Waals surface area contributed by atoms with Crippen molar-refractivity contribution in [2.24, 2.45) is 5.92 Å². The van der Waals surface area contributed by atoms with Gasteiger partial charge in [-0.1, -0.05) is 53.2 Å². The molecule has 1 amide bonds. The van der Waals surface area contributed by atoms with Gasteiger partial charge in [-0.15, -0.1) is 0 Å². The van der Waals surface area contributed by atoms with Gasteiger partial charge in [-0.25, -0.2) is 4.79 Å². The van der Waals surface area contributed by atoms with Crippen molar-refractivity contribution in [3.63, 3.8) is 0 Å². The molecule has 1 saturated carbocycles. The minimum atomic E-state index is -0.432. The minimum absolute atomic E-state index is 0.00399. The van der Waals surface area contributed by atoms with Crippen LogP contribution >= 0.6 is 11.6 Å². The van der Waals surface area contributed by atoms with E-state index in [2.05, 4.69) is 10.5 Å². The van der Waals surface area contributed by atoms with Crippen LogP contribution in [0, 0.1) is 12.8 Å². The Bertz CT molecular complexity index is 1380. The van der Waals surface area contributed by atoms with Crippen LogP contribution in [0.3, 0.4) is 0 Å². The van der Waals surface area contributed by atoms with Gasteiger partial charge in [0.15, 0.2) is 0 Å². The molecule has 8 heteroatoms. The number of amides is 1. The lowest BCUT2D eigenvalue weighted by atomic mass is 10.1. The van der Waals surface area contributed by atoms with Crippen LogP contribution in [0.25, 0.3) is 21.8 Å². The number of hydrogen-bond donors (Lipinski definition) is 1. The van der Waals surface area contributed by atoms with Crippen molar-refractivity contribution in [1.82, 2.24) is 15.0 Å². The van der Waals surface area contributed by atoms with Crippen LogP contribution < -0.4 is 10.9 Å². The normalized spacial score (nSPS) is 18.1. The van der Waals surface area contributed by atoms with Gasteiger partial charge in [-0.2, -0.15) is 0 Å². The molecule has 0 spiro atoms. The molecule has 170 valence electrons. The van der Waals surface area contributed by atoms with E-state index in [0.29, 0.717) is 28.2 Å². The van der Waals surface area contributed by atoms with E-state index in [1.165, 1.54) is 0 Å². The number of hydrogen-bond acceptors (Lipinski definition) is 5. The molecule has 33 heavy (non-hydrogen) atoms. The molecular formula is C25H24ClN3O4. The summed E-state index contributed by atoms with van der Waals surface area (Å²) in [6, 6.07) is 15.1. The quantitative estimate of drug-likeness (QED) is 0.428. The maximum Gasteiger partial charge on any atom is 0.407 e. The SMILES string of the molecule is Cc1onc2c1c(=O)n([C@@H]1CC[C@H](CNC(=O)OCc3ccccc3)C1)c1cccc(Cl)c21. The third-order valence-electron chi connectivity index (χ3n) is 6.41. The average Bonchev–Trinajstić information content (AvgIpc) is 3.44. The zero-order valence-electron chi connectivity index (χ0n) is 18.2. The summed E-state index contributed by atoms with van der Waals surface area (Å²) >= 11 is 6.51. The lowest BCUT2D eigenvalue weighted by Crippen LogP contribution is -2.29. The van der Waals surface area contributed by atoms with Gasteiger partial charge in [-0.3, -0.25) is 4.79 Å². The highest BCUT2D eigenvalue weighted by atomic mass is 35.5. The molecule has 5 rings (SSSR count). The Hall–Kier alpha value is -3.32. The summed E-state index contributed by atoms with van der Waals surface area (Å²) < 4.78 is 12.5.